The molecule has 0 saturated heterocycles. The van der Waals surface area contributed by atoms with Crippen LogP contribution in [0.5, 0.6) is 0 Å². The first kappa shape index (κ1) is 14.4. The predicted octanol–water partition coefficient (Wildman–Crippen LogP) is 4.38. The molecule has 0 saturated carbocycles. The van der Waals surface area contributed by atoms with Gasteiger partial charge in [-0.1, -0.05) is 43.7 Å². The van der Waals surface area contributed by atoms with Crippen molar-refractivity contribution in [3.8, 4) is 0 Å². The van der Waals surface area contributed by atoms with Gasteiger partial charge in [0.05, 0.1) is 0 Å². The largest absolute Gasteiger partial charge is 0.399 e. The minimum absolute atomic E-state index is 0.869. The lowest BCUT2D eigenvalue weighted by atomic mass is 10.1. The summed E-state index contributed by atoms with van der Waals surface area (Å²) in [6.45, 7) is 6.32. The van der Waals surface area contributed by atoms with E-state index < -0.39 is 0 Å². The van der Waals surface area contributed by atoms with Crippen molar-refractivity contribution in [1.82, 2.24) is 0 Å². The summed E-state index contributed by atoms with van der Waals surface area (Å²) in [4.78, 5) is 2.44. The first-order valence-electron chi connectivity index (χ1n) is 7.35. The van der Waals surface area contributed by atoms with Crippen LogP contribution in [-0.2, 0) is 6.54 Å². The van der Waals surface area contributed by atoms with Gasteiger partial charge in [-0.25, -0.2) is 0 Å². The Labute approximate surface area is 122 Å². The lowest BCUT2D eigenvalue weighted by molar-refractivity contribution is 0.716. The molecule has 2 N–H and O–H groups in total. The summed E-state index contributed by atoms with van der Waals surface area (Å²) in [5.41, 5.74) is 10.5. The van der Waals surface area contributed by atoms with Crippen molar-refractivity contribution in [2.24, 2.45) is 0 Å². The molecular weight excluding hydrogens is 244 g/mol. The second kappa shape index (κ2) is 6.99. The zero-order chi connectivity index (χ0) is 14.4. The number of para-hydroxylation sites is 1. The number of rotatable bonds is 6. The number of nitrogen functional groups attached to an aromatic ring is 1. The van der Waals surface area contributed by atoms with E-state index in [-0.39, 0.29) is 0 Å². The van der Waals surface area contributed by atoms with Crippen LogP contribution in [0.3, 0.4) is 0 Å². The Kier molecular flexibility index (Phi) is 5.05. The summed E-state index contributed by atoms with van der Waals surface area (Å²) in [5, 5.41) is 0. The lowest BCUT2D eigenvalue weighted by Crippen LogP contribution is -2.23. The SMILES string of the molecule is CCCCN(Cc1ccc(N)c(C)c1)c1ccccc1. The molecule has 2 aromatic rings. The van der Waals surface area contributed by atoms with Gasteiger partial charge < -0.3 is 10.6 Å². The zero-order valence-corrected chi connectivity index (χ0v) is 12.5. The molecule has 0 fully saturated rings. The summed E-state index contributed by atoms with van der Waals surface area (Å²) >= 11 is 0. The third-order valence-electron chi connectivity index (χ3n) is 3.61. The Morgan fingerprint density at radius 2 is 1.80 bits per heavy atom. The van der Waals surface area contributed by atoms with E-state index in [0.717, 1.165) is 24.3 Å². The molecular formula is C18H24N2. The number of benzene rings is 2. The molecule has 20 heavy (non-hydrogen) atoms. The van der Waals surface area contributed by atoms with E-state index in [1.54, 1.807) is 0 Å². The molecule has 0 bridgehead atoms. The summed E-state index contributed by atoms with van der Waals surface area (Å²) < 4.78 is 0. The van der Waals surface area contributed by atoms with Crippen LogP contribution in [0.15, 0.2) is 48.5 Å². The molecule has 0 radical (unpaired) electrons. The van der Waals surface area contributed by atoms with Crippen LogP contribution >= 0.6 is 0 Å². The van der Waals surface area contributed by atoms with Crippen LogP contribution in [0.2, 0.25) is 0 Å². The van der Waals surface area contributed by atoms with Crippen molar-refractivity contribution in [3.63, 3.8) is 0 Å². The van der Waals surface area contributed by atoms with E-state index in [9.17, 15) is 0 Å². The molecule has 0 unspecified atom stereocenters. The van der Waals surface area contributed by atoms with Crippen molar-refractivity contribution < 1.29 is 0 Å². The van der Waals surface area contributed by atoms with E-state index in [4.69, 9.17) is 5.73 Å². The highest BCUT2D eigenvalue weighted by atomic mass is 15.1. The predicted molar refractivity (Wildman–Crippen MR) is 88.0 cm³/mol. The Morgan fingerprint density at radius 3 is 2.45 bits per heavy atom. The second-order valence-corrected chi connectivity index (χ2v) is 5.30. The molecule has 2 rings (SSSR count). The van der Waals surface area contributed by atoms with Gasteiger partial charge in [-0.15, -0.1) is 0 Å². The molecule has 0 atom stereocenters. The van der Waals surface area contributed by atoms with Crippen LogP contribution in [-0.4, -0.2) is 6.54 Å². The van der Waals surface area contributed by atoms with Gasteiger partial charge in [-0.3, -0.25) is 0 Å². The Morgan fingerprint density at radius 1 is 1.05 bits per heavy atom. The molecule has 0 heterocycles. The molecule has 0 aliphatic rings. The van der Waals surface area contributed by atoms with Gasteiger partial charge >= 0.3 is 0 Å². The maximum absolute atomic E-state index is 5.90. The summed E-state index contributed by atoms with van der Waals surface area (Å²) in [6.07, 6.45) is 2.42. The highest BCUT2D eigenvalue weighted by molar-refractivity contribution is 5.50. The number of nitrogens with zero attached hydrogens (tertiary/aromatic N) is 1. The van der Waals surface area contributed by atoms with Crippen molar-refractivity contribution in [3.05, 3.63) is 59.7 Å². The smallest absolute Gasteiger partial charge is 0.0429 e. The minimum atomic E-state index is 0.869. The van der Waals surface area contributed by atoms with Crippen LogP contribution in [0, 0.1) is 6.92 Å². The van der Waals surface area contributed by atoms with Crippen molar-refractivity contribution in [1.29, 1.82) is 0 Å². The molecule has 2 nitrogen and oxygen atoms in total. The molecule has 2 aromatic carbocycles. The number of nitrogens with two attached hydrogens (primary N) is 1. The van der Waals surface area contributed by atoms with E-state index in [0.29, 0.717) is 0 Å². The minimum Gasteiger partial charge on any atom is -0.399 e. The monoisotopic (exact) mass is 268 g/mol. The molecule has 0 spiro atoms. The zero-order valence-electron chi connectivity index (χ0n) is 12.5. The number of hydrogen-bond acceptors (Lipinski definition) is 2. The number of aryl methyl sites for hydroxylation is 1. The number of unbranched alkanes of at least 4 members (excludes halogenated alkanes) is 1. The first-order chi connectivity index (χ1) is 9.70. The fourth-order valence-electron chi connectivity index (χ4n) is 2.34. The van der Waals surface area contributed by atoms with Crippen LogP contribution in [0.4, 0.5) is 11.4 Å². The van der Waals surface area contributed by atoms with Gasteiger partial charge in [0.2, 0.25) is 0 Å². The fourth-order valence-corrected chi connectivity index (χ4v) is 2.34. The first-order valence-corrected chi connectivity index (χ1v) is 7.35. The van der Waals surface area contributed by atoms with E-state index >= 15 is 0 Å². The summed E-state index contributed by atoms with van der Waals surface area (Å²) in [5.74, 6) is 0. The highest BCUT2D eigenvalue weighted by Gasteiger charge is 2.07. The average Bonchev–Trinajstić information content (AvgIpc) is 2.48. The van der Waals surface area contributed by atoms with E-state index in [1.807, 2.05) is 6.07 Å². The number of anilines is 2. The maximum Gasteiger partial charge on any atom is 0.0429 e. The molecule has 0 aliphatic heterocycles. The molecule has 0 aromatic heterocycles. The highest BCUT2D eigenvalue weighted by Crippen LogP contribution is 2.20. The Bertz CT molecular complexity index is 534. The van der Waals surface area contributed by atoms with Crippen molar-refractivity contribution in [2.75, 3.05) is 17.2 Å². The van der Waals surface area contributed by atoms with Crippen LogP contribution < -0.4 is 10.6 Å². The second-order valence-electron chi connectivity index (χ2n) is 5.30. The third-order valence-corrected chi connectivity index (χ3v) is 3.61. The molecule has 0 aliphatic carbocycles. The molecule has 2 heteroatoms. The average molecular weight is 268 g/mol. The number of hydrogen-bond donors (Lipinski definition) is 1. The Hall–Kier alpha value is -1.96. The fraction of sp³-hybridized carbons (Fsp3) is 0.333. The van der Waals surface area contributed by atoms with E-state index in [1.165, 1.54) is 24.1 Å². The van der Waals surface area contributed by atoms with Gasteiger partial charge in [0.15, 0.2) is 0 Å². The van der Waals surface area contributed by atoms with Gasteiger partial charge in [-0.05, 0) is 42.7 Å². The molecule has 106 valence electrons. The van der Waals surface area contributed by atoms with Gasteiger partial charge in [0, 0.05) is 24.5 Å². The van der Waals surface area contributed by atoms with Crippen molar-refractivity contribution in [2.45, 2.75) is 33.2 Å². The van der Waals surface area contributed by atoms with Gasteiger partial charge in [0.1, 0.15) is 0 Å². The lowest BCUT2D eigenvalue weighted by Gasteiger charge is -2.25. The standard InChI is InChI=1S/C18H24N2/c1-3-4-12-20(17-8-6-5-7-9-17)14-16-10-11-18(19)15(2)13-16/h5-11,13H,3-4,12,14,19H2,1-2H3. The van der Waals surface area contributed by atoms with E-state index in [2.05, 4.69) is 61.2 Å². The quantitative estimate of drug-likeness (QED) is 0.788. The van der Waals surface area contributed by atoms with Gasteiger partial charge in [0.25, 0.3) is 0 Å². The summed E-state index contributed by atoms with van der Waals surface area (Å²) in [7, 11) is 0. The molecule has 0 amide bonds. The van der Waals surface area contributed by atoms with Gasteiger partial charge in [-0.2, -0.15) is 0 Å². The van der Waals surface area contributed by atoms with Crippen LogP contribution in [0.25, 0.3) is 0 Å². The summed E-state index contributed by atoms with van der Waals surface area (Å²) in [6, 6.07) is 17.0. The topological polar surface area (TPSA) is 29.3 Å². The maximum atomic E-state index is 5.90. The third kappa shape index (κ3) is 3.77. The van der Waals surface area contributed by atoms with Crippen molar-refractivity contribution >= 4 is 11.4 Å². The normalized spacial score (nSPS) is 10.5. The van der Waals surface area contributed by atoms with Crippen LogP contribution in [0.1, 0.15) is 30.9 Å². The Balaban J connectivity index is 2.17.